The Morgan fingerprint density at radius 3 is 2.00 bits per heavy atom. The van der Waals surface area contributed by atoms with Crippen LogP contribution in [0.1, 0.15) is 46.5 Å². The van der Waals surface area contributed by atoms with Crippen LogP contribution < -0.4 is 15.7 Å². The van der Waals surface area contributed by atoms with Gasteiger partial charge in [0.25, 0.3) is 0 Å². The van der Waals surface area contributed by atoms with Crippen LogP contribution in [0.15, 0.2) is 60.7 Å². The van der Waals surface area contributed by atoms with Crippen molar-refractivity contribution >= 4 is 17.9 Å². The van der Waals surface area contributed by atoms with Crippen LogP contribution in [0.5, 0.6) is 0 Å². The fourth-order valence-electron chi connectivity index (χ4n) is 5.97. The van der Waals surface area contributed by atoms with Crippen molar-refractivity contribution in [3.63, 3.8) is 0 Å². The van der Waals surface area contributed by atoms with E-state index < -0.39 is 12.9 Å². The van der Waals surface area contributed by atoms with Crippen molar-refractivity contribution in [2.24, 2.45) is 16.7 Å². The summed E-state index contributed by atoms with van der Waals surface area (Å²) in [7, 11) is -2.95. The van der Waals surface area contributed by atoms with Gasteiger partial charge < -0.3 is 5.11 Å². The van der Waals surface area contributed by atoms with E-state index in [0.29, 0.717) is 18.9 Å². The highest BCUT2D eigenvalue weighted by Crippen LogP contribution is 2.69. The molecule has 4 rings (SSSR count). The molecular formula is C24H32NO2P. The van der Waals surface area contributed by atoms with Gasteiger partial charge in [-0.05, 0) is 66.7 Å². The number of benzene rings is 2. The molecule has 2 aliphatic carbocycles. The Morgan fingerprint density at radius 2 is 1.54 bits per heavy atom. The Hall–Kier alpha value is -1.41. The van der Waals surface area contributed by atoms with E-state index in [1.807, 2.05) is 60.7 Å². The zero-order valence-electron chi connectivity index (χ0n) is 17.2. The van der Waals surface area contributed by atoms with E-state index in [1.54, 1.807) is 0 Å². The normalized spacial score (nSPS) is 31.2. The predicted octanol–water partition coefficient (Wildman–Crippen LogP) is 4.47. The molecule has 0 saturated heterocycles. The lowest BCUT2D eigenvalue weighted by Crippen LogP contribution is -2.55. The fraction of sp³-hybridized carbons (Fsp3) is 0.500. The second-order valence-electron chi connectivity index (χ2n) is 9.52. The van der Waals surface area contributed by atoms with Crippen LogP contribution in [0.4, 0.5) is 0 Å². The van der Waals surface area contributed by atoms with Gasteiger partial charge in [0.05, 0.1) is 5.60 Å². The molecule has 0 aliphatic heterocycles. The molecule has 2 aliphatic rings. The molecule has 2 aromatic carbocycles. The molecule has 0 amide bonds. The molecule has 2 bridgehead atoms. The van der Waals surface area contributed by atoms with Crippen LogP contribution in [0.25, 0.3) is 0 Å². The van der Waals surface area contributed by atoms with E-state index in [1.165, 1.54) is 6.42 Å². The summed E-state index contributed by atoms with van der Waals surface area (Å²) in [4.78, 5) is 0. The van der Waals surface area contributed by atoms with Crippen LogP contribution in [0.2, 0.25) is 0 Å². The Balaban J connectivity index is 1.59. The van der Waals surface area contributed by atoms with Gasteiger partial charge in [0.2, 0.25) is 7.29 Å². The van der Waals surface area contributed by atoms with Gasteiger partial charge in [-0.3, -0.25) is 9.65 Å². The van der Waals surface area contributed by atoms with E-state index >= 15 is 0 Å². The monoisotopic (exact) mass is 397 g/mol. The molecule has 0 radical (unpaired) electrons. The van der Waals surface area contributed by atoms with Crippen LogP contribution in [-0.4, -0.2) is 17.3 Å². The van der Waals surface area contributed by atoms with Gasteiger partial charge in [-0.1, -0.05) is 57.2 Å². The first kappa shape index (κ1) is 19.9. The van der Waals surface area contributed by atoms with Crippen molar-refractivity contribution in [2.45, 2.75) is 52.1 Å². The average Bonchev–Trinajstić information content (AvgIpc) is 3.18. The third-order valence-corrected chi connectivity index (χ3v) is 10.6. The topological polar surface area (TPSA) is 49.3 Å². The molecule has 0 spiro atoms. The summed E-state index contributed by atoms with van der Waals surface area (Å²) >= 11 is 0. The van der Waals surface area contributed by atoms with Gasteiger partial charge in [-0.25, -0.2) is 0 Å². The maximum atomic E-state index is 14.1. The van der Waals surface area contributed by atoms with Crippen molar-refractivity contribution in [3.05, 3.63) is 60.7 Å². The molecule has 2 saturated carbocycles. The molecule has 2 N–H and O–H groups in total. The molecule has 150 valence electrons. The molecular weight excluding hydrogens is 365 g/mol. The number of hydrogen-bond acceptors (Lipinski definition) is 2. The summed E-state index contributed by atoms with van der Waals surface area (Å²) in [6.45, 7) is 7.21. The summed E-state index contributed by atoms with van der Waals surface area (Å²) < 4.78 is 14.1. The lowest BCUT2D eigenvalue weighted by atomic mass is 9.59. The Kier molecular flexibility index (Phi) is 4.85. The predicted molar refractivity (Wildman–Crippen MR) is 117 cm³/mol. The molecule has 0 aromatic heterocycles. The first-order valence-corrected chi connectivity index (χ1v) is 12.1. The van der Waals surface area contributed by atoms with Gasteiger partial charge >= 0.3 is 0 Å². The van der Waals surface area contributed by atoms with Crippen molar-refractivity contribution in [3.8, 4) is 0 Å². The molecule has 2 aromatic rings. The van der Waals surface area contributed by atoms with E-state index in [9.17, 15) is 9.67 Å². The standard InChI is InChI=1S/C24H32NO2P/c1-22(2)19-14-15-23(3,18-19)24(22,26)16-17-25-28(27,20-10-6-4-7-11-20)21-12-8-5-9-13-21/h4-13,19,26H,14-18H2,1-3H3,(H,25,27)/t19-,23+,24-/m0/s1. The van der Waals surface area contributed by atoms with E-state index in [0.717, 1.165) is 23.5 Å². The highest BCUT2D eigenvalue weighted by atomic mass is 31.2. The van der Waals surface area contributed by atoms with Crippen LogP contribution >= 0.6 is 7.29 Å². The third kappa shape index (κ3) is 2.83. The highest BCUT2D eigenvalue weighted by molar-refractivity contribution is 7.76. The van der Waals surface area contributed by atoms with Crippen LogP contribution in [0, 0.1) is 16.7 Å². The van der Waals surface area contributed by atoms with Crippen molar-refractivity contribution < 1.29 is 9.67 Å². The van der Waals surface area contributed by atoms with Gasteiger partial charge in [0.15, 0.2) is 0 Å². The summed E-state index contributed by atoms with van der Waals surface area (Å²) in [5, 5.41) is 16.8. The van der Waals surface area contributed by atoms with Crippen LogP contribution in [0.3, 0.4) is 0 Å². The van der Waals surface area contributed by atoms with Gasteiger partial charge in [-0.15, -0.1) is 0 Å². The minimum absolute atomic E-state index is 0.0354. The molecule has 0 heterocycles. The molecule has 3 nitrogen and oxygen atoms in total. The Labute approximate surface area is 169 Å². The van der Waals surface area contributed by atoms with Crippen molar-refractivity contribution in [1.29, 1.82) is 0 Å². The lowest BCUT2D eigenvalue weighted by Gasteiger charge is -2.51. The molecule has 28 heavy (non-hydrogen) atoms. The second-order valence-corrected chi connectivity index (χ2v) is 12.1. The van der Waals surface area contributed by atoms with Gasteiger partial charge in [-0.2, -0.15) is 0 Å². The smallest absolute Gasteiger partial charge is 0.204 e. The molecule has 2 fully saturated rings. The first-order valence-electron chi connectivity index (χ1n) is 10.4. The molecule has 3 atom stereocenters. The second kappa shape index (κ2) is 6.83. The number of nitrogens with one attached hydrogen (secondary N) is 1. The third-order valence-electron chi connectivity index (χ3n) is 7.89. The average molecular weight is 397 g/mol. The molecule has 0 unspecified atom stereocenters. The van der Waals surface area contributed by atoms with E-state index in [-0.39, 0.29) is 10.8 Å². The number of fused-ring (bicyclic) bond motifs is 2. The summed E-state index contributed by atoms with van der Waals surface area (Å²) in [5.74, 6) is 0.581. The van der Waals surface area contributed by atoms with Crippen LogP contribution in [-0.2, 0) is 4.57 Å². The highest BCUT2D eigenvalue weighted by Gasteiger charge is 2.67. The maximum absolute atomic E-state index is 14.1. The quantitative estimate of drug-likeness (QED) is 0.707. The van der Waals surface area contributed by atoms with Crippen molar-refractivity contribution in [1.82, 2.24) is 5.09 Å². The van der Waals surface area contributed by atoms with Gasteiger partial charge in [0.1, 0.15) is 0 Å². The number of hydrogen-bond donors (Lipinski definition) is 2. The molecule has 4 heteroatoms. The summed E-state index contributed by atoms with van der Waals surface area (Å²) in [6.07, 6.45) is 4.03. The zero-order valence-corrected chi connectivity index (χ0v) is 18.1. The SMILES string of the molecule is CC1(C)[C@H]2CC[C@](C)(C2)[C@]1(O)CCNP(=O)(c1ccccc1)c1ccccc1. The summed E-state index contributed by atoms with van der Waals surface area (Å²) in [6, 6.07) is 19.3. The number of aliphatic hydroxyl groups is 1. The first-order chi connectivity index (χ1) is 13.2. The van der Waals surface area contributed by atoms with Crippen molar-refractivity contribution in [2.75, 3.05) is 6.54 Å². The largest absolute Gasteiger partial charge is 0.389 e. The zero-order chi connectivity index (χ0) is 20.0. The Bertz CT molecular complexity index is 832. The minimum atomic E-state index is -2.95. The lowest BCUT2D eigenvalue weighted by molar-refractivity contribution is -0.146. The number of rotatable bonds is 6. The minimum Gasteiger partial charge on any atom is -0.389 e. The summed E-state index contributed by atoms with van der Waals surface area (Å²) in [5.41, 5.74) is -0.869. The van der Waals surface area contributed by atoms with Gasteiger partial charge in [0, 0.05) is 17.2 Å². The maximum Gasteiger partial charge on any atom is 0.204 e. The fourth-order valence-corrected chi connectivity index (χ4v) is 8.25. The Morgan fingerprint density at radius 1 is 1.00 bits per heavy atom. The van der Waals surface area contributed by atoms with E-state index in [2.05, 4.69) is 25.9 Å². The van der Waals surface area contributed by atoms with E-state index in [4.69, 9.17) is 0 Å².